The van der Waals surface area contributed by atoms with E-state index in [0.29, 0.717) is 6.61 Å². The second-order valence-electron chi connectivity index (χ2n) is 5.02. The van der Waals surface area contributed by atoms with Crippen LogP contribution in [0.3, 0.4) is 0 Å². The molecule has 4 heteroatoms. The van der Waals surface area contributed by atoms with Crippen molar-refractivity contribution in [1.82, 2.24) is 4.98 Å². The molecule has 1 aliphatic carbocycles. The van der Waals surface area contributed by atoms with E-state index in [2.05, 4.69) is 4.98 Å². The molecule has 0 amide bonds. The zero-order chi connectivity index (χ0) is 14.0. The molecule has 2 aromatic rings. The molecule has 0 unspecified atom stereocenters. The fraction of sp³-hybridized carbons (Fsp3) is 0.250. The maximum absolute atomic E-state index is 11.2. The zero-order valence-electron chi connectivity index (χ0n) is 11.0. The summed E-state index contributed by atoms with van der Waals surface area (Å²) in [5, 5.41) is 9.24. The lowest BCUT2D eigenvalue weighted by Crippen LogP contribution is -2.19. The minimum absolute atomic E-state index is 0.407. The van der Waals surface area contributed by atoms with Gasteiger partial charge in [-0.3, -0.25) is 9.78 Å². The van der Waals surface area contributed by atoms with E-state index in [1.54, 1.807) is 6.20 Å². The van der Waals surface area contributed by atoms with Crippen LogP contribution in [-0.2, 0) is 16.8 Å². The minimum Gasteiger partial charge on any atom is -0.487 e. The van der Waals surface area contributed by atoms with Gasteiger partial charge in [0.1, 0.15) is 12.4 Å². The molecule has 102 valence electrons. The molecule has 20 heavy (non-hydrogen) atoms. The highest BCUT2D eigenvalue weighted by Crippen LogP contribution is 2.48. The molecule has 1 heterocycles. The normalized spacial score (nSPS) is 15.6. The van der Waals surface area contributed by atoms with Crippen LogP contribution in [0, 0.1) is 0 Å². The van der Waals surface area contributed by atoms with Gasteiger partial charge in [-0.05, 0) is 42.7 Å². The molecule has 0 saturated heterocycles. The lowest BCUT2D eigenvalue weighted by Gasteiger charge is -2.11. The number of ether oxygens (including phenoxy) is 1. The fourth-order valence-electron chi connectivity index (χ4n) is 2.26. The Labute approximate surface area is 117 Å². The number of aromatic nitrogens is 1. The predicted molar refractivity (Wildman–Crippen MR) is 73.6 cm³/mol. The topological polar surface area (TPSA) is 59.4 Å². The standard InChI is InChI=1S/C16H15NO3/c18-15(19)16(8-9-16)12-4-6-14(7-5-12)20-11-13-3-1-2-10-17-13/h1-7,10H,8-9,11H2,(H,18,19). The number of carboxylic acid groups (broad SMARTS) is 1. The Balaban J connectivity index is 1.67. The third-order valence-corrected chi connectivity index (χ3v) is 3.68. The van der Waals surface area contributed by atoms with Crippen molar-refractivity contribution in [2.45, 2.75) is 24.9 Å². The molecule has 1 N–H and O–H groups in total. The van der Waals surface area contributed by atoms with Gasteiger partial charge in [0.05, 0.1) is 11.1 Å². The average molecular weight is 269 g/mol. The number of hydrogen-bond donors (Lipinski definition) is 1. The summed E-state index contributed by atoms with van der Waals surface area (Å²) in [5.74, 6) is -0.0137. The van der Waals surface area contributed by atoms with E-state index in [9.17, 15) is 9.90 Å². The molecule has 0 radical (unpaired) electrons. The van der Waals surface area contributed by atoms with Gasteiger partial charge in [-0.15, -0.1) is 0 Å². The summed E-state index contributed by atoms with van der Waals surface area (Å²) in [6, 6.07) is 13.0. The molecule has 0 spiro atoms. The molecule has 4 nitrogen and oxygen atoms in total. The van der Waals surface area contributed by atoms with Crippen molar-refractivity contribution >= 4 is 5.97 Å². The van der Waals surface area contributed by atoms with Gasteiger partial charge in [0.15, 0.2) is 0 Å². The summed E-state index contributed by atoms with van der Waals surface area (Å²) in [7, 11) is 0. The van der Waals surface area contributed by atoms with Crippen LogP contribution < -0.4 is 4.74 Å². The van der Waals surface area contributed by atoms with Gasteiger partial charge < -0.3 is 9.84 Å². The smallest absolute Gasteiger partial charge is 0.314 e. The van der Waals surface area contributed by atoms with Gasteiger partial charge in [0.25, 0.3) is 0 Å². The van der Waals surface area contributed by atoms with Crippen LogP contribution in [0.1, 0.15) is 24.1 Å². The molecule has 1 saturated carbocycles. The third kappa shape index (κ3) is 2.37. The van der Waals surface area contributed by atoms with Crippen LogP contribution in [0.4, 0.5) is 0 Å². The lowest BCUT2D eigenvalue weighted by molar-refractivity contribution is -0.140. The number of rotatable bonds is 5. The Hall–Kier alpha value is -2.36. The van der Waals surface area contributed by atoms with E-state index in [1.807, 2.05) is 42.5 Å². The predicted octanol–water partition coefficient (Wildman–Crippen LogP) is 2.78. The quantitative estimate of drug-likeness (QED) is 0.906. The van der Waals surface area contributed by atoms with Crippen LogP contribution in [0.15, 0.2) is 48.7 Å². The first kappa shape index (κ1) is 12.7. The van der Waals surface area contributed by atoms with E-state index < -0.39 is 11.4 Å². The first-order valence-corrected chi connectivity index (χ1v) is 6.57. The summed E-state index contributed by atoms with van der Waals surface area (Å²) in [6.45, 7) is 0.407. The highest BCUT2D eigenvalue weighted by atomic mass is 16.5. The summed E-state index contributed by atoms with van der Waals surface area (Å²) in [4.78, 5) is 15.4. The Kier molecular flexibility index (Phi) is 3.14. The van der Waals surface area contributed by atoms with Crippen molar-refractivity contribution < 1.29 is 14.6 Å². The van der Waals surface area contributed by atoms with Crippen molar-refractivity contribution in [2.24, 2.45) is 0 Å². The first-order valence-electron chi connectivity index (χ1n) is 6.57. The molecular weight excluding hydrogens is 254 g/mol. The first-order chi connectivity index (χ1) is 9.71. The fourth-order valence-corrected chi connectivity index (χ4v) is 2.26. The second kappa shape index (κ2) is 4.96. The highest BCUT2D eigenvalue weighted by Gasteiger charge is 2.51. The number of hydrogen-bond acceptors (Lipinski definition) is 3. The minimum atomic E-state index is -0.736. The van der Waals surface area contributed by atoms with E-state index in [4.69, 9.17) is 4.74 Å². The van der Waals surface area contributed by atoms with Crippen molar-refractivity contribution in [3.8, 4) is 5.75 Å². The van der Waals surface area contributed by atoms with Crippen LogP contribution >= 0.6 is 0 Å². The Morgan fingerprint density at radius 2 is 1.95 bits per heavy atom. The lowest BCUT2D eigenvalue weighted by atomic mass is 9.96. The molecule has 0 bridgehead atoms. The maximum atomic E-state index is 11.2. The van der Waals surface area contributed by atoms with Gasteiger partial charge in [-0.2, -0.15) is 0 Å². The number of carbonyl (C=O) groups is 1. The van der Waals surface area contributed by atoms with E-state index in [1.165, 1.54) is 0 Å². The number of benzene rings is 1. The van der Waals surface area contributed by atoms with Gasteiger partial charge in [0, 0.05) is 6.20 Å². The van der Waals surface area contributed by atoms with Gasteiger partial charge in [-0.25, -0.2) is 0 Å². The largest absolute Gasteiger partial charge is 0.487 e. The van der Waals surface area contributed by atoms with Crippen LogP contribution in [0.5, 0.6) is 5.75 Å². The monoisotopic (exact) mass is 269 g/mol. The SMILES string of the molecule is O=C(O)C1(c2ccc(OCc3ccccn3)cc2)CC1. The van der Waals surface area contributed by atoms with Gasteiger partial charge in [0.2, 0.25) is 0 Å². The van der Waals surface area contributed by atoms with E-state index in [-0.39, 0.29) is 0 Å². The molecule has 1 aromatic heterocycles. The molecule has 1 aromatic carbocycles. The molecule has 0 atom stereocenters. The maximum Gasteiger partial charge on any atom is 0.314 e. The number of nitrogens with zero attached hydrogens (tertiary/aromatic N) is 1. The molecule has 0 aliphatic heterocycles. The number of aliphatic carboxylic acids is 1. The molecule has 1 aliphatic rings. The van der Waals surface area contributed by atoms with E-state index >= 15 is 0 Å². The third-order valence-electron chi connectivity index (χ3n) is 3.68. The van der Waals surface area contributed by atoms with Crippen molar-refractivity contribution in [3.63, 3.8) is 0 Å². The summed E-state index contributed by atoms with van der Waals surface area (Å²) < 4.78 is 5.63. The Morgan fingerprint density at radius 3 is 2.50 bits per heavy atom. The van der Waals surface area contributed by atoms with Crippen molar-refractivity contribution in [3.05, 3.63) is 59.9 Å². The Bertz CT molecular complexity index is 603. The molecular formula is C16H15NO3. The van der Waals surface area contributed by atoms with Crippen LogP contribution in [0.2, 0.25) is 0 Å². The van der Waals surface area contributed by atoms with E-state index in [0.717, 1.165) is 29.8 Å². The summed E-state index contributed by atoms with van der Waals surface area (Å²) in [6.07, 6.45) is 3.17. The average Bonchev–Trinajstić information content (AvgIpc) is 3.28. The van der Waals surface area contributed by atoms with Crippen LogP contribution in [-0.4, -0.2) is 16.1 Å². The van der Waals surface area contributed by atoms with Gasteiger partial charge in [-0.1, -0.05) is 18.2 Å². The number of carboxylic acids is 1. The summed E-state index contributed by atoms with van der Waals surface area (Å²) >= 11 is 0. The molecule has 1 fully saturated rings. The van der Waals surface area contributed by atoms with Gasteiger partial charge >= 0.3 is 5.97 Å². The van der Waals surface area contributed by atoms with Crippen molar-refractivity contribution in [1.29, 1.82) is 0 Å². The zero-order valence-corrected chi connectivity index (χ0v) is 11.0. The highest BCUT2D eigenvalue weighted by molar-refractivity contribution is 5.84. The summed E-state index contributed by atoms with van der Waals surface area (Å²) in [5.41, 5.74) is 1.07. The van der Waals surface area contributed by atoms with Crippen LogP contribution in [0.25, 0.3) is 0 Å². The Morgan fingerprint density at radius 1 is 1.20 bits per heavy atom. The van der Waals surface area contributed by atoms with Crippen molar-refractivity contribution in [2.75, 3.05) is 0 Å². The molecule has 3 rings (SSSR count). The number of pyridine rings is 1. The second-order valence-corrected chi connectivity index (χ2v) is 5.02.